The van der Waals surface area contributed by atoms with Gasteiger partial charge in [0.2, 0.25) is 5.88 Å². The van der Waals surface area contributed by atoms with E-state index in [1.165, 1.54) is 12.1 Å². The van der Waals surface area contributed by atoms with Crippen LogP contribution in [0.25, 0.3) is 0 Å². The van der Waals surface area contributed by atoms with Crippen LogP contribution in [0.2, 0.25) is 0 Å². The Labute approximate surface area is 172 Å². The number of carbonyl (C=O) groups is 1. The van der Waals surface area contributed by atoms with Crippen LogP contribution in [0.15, 0.2) is 72.9 Å². The molecule has 1 amide bonds. The van der Waals surface area contributed by atoms with Crippen LogP contribution >= 0.6 is 11.6 Å². The first kappa shape index (κ1) is 22.1. The van der Waals surface area contributed by atoms with Crippen molar-refractivity contribution in [2.75, 3.05) is 6.61 Å². The second-order valence-corrected chi connectivity index (χ2v) is 6.07. The van der Waals surface area contributed by atoms with Gasteiger partial charge >= 0.3 is 5.38 Å². The predicted molar refractivity (Wildman–Crippen MR) is 107 cm³/mol. The van der Waals surface area contributed by atoms with E-state index >= 15 is 0 Å². The molecule has 3 aromatic rings. The first-order valence-electron chi connectivity index (χ1n) is 8.59. The highest BCUT2D eigenvalue weighted by molar-refractivity contribution is 6.21. The maximum atomic E-state index is 12.5. The van der Waals surface area contributed by atoms with Gasteiger partial charge in [0.1, 0.15) is 11.5 Å². The van der Waals surface area contributed by atoms with E-state index < -0.39 is 11.3 Å². The van der Waals surface area contributed by atoms with E-state index in [1.807, 2.05) is 30.3 Å². The van der Waals surface area contributed by atoms with Gasteiger partial charge in [-0.25, -0.2) is 4.98 Å². The molecule has 0 spiro atoms. The number of aromatic nitrogens is 1. The quantitative estimate of drug-likeness (QED) is 0.546. The second-order valence-electron chi connectivity index (χ2n) is 5.59. The molecule has 0 bridgehead atoms. The van der Waals surface area contributed by atoms with E-state index in [4.69, 9.17) is 26.8 Å². The monoisotopic (exact) mass is 420 g/mol. The number of amides is 1. The number of rotatable bonds is 6. The summed E-state index contributed by atoms with van der Waals surface area (Å²) in [5.74, 6) is 0.969. The Morgan fingerprint density at radius 1 is 1.07 bits per heavy atom. The fourth-order valence-electron chi connectivity index (χ4n) is 2.16. The number of primary amides is 1. The van der Waals surface area contributed by atoms with Crippen molar-refractivity contribution in [1.82, 2.24) is 4.98 Å². The van der Waals surface area contributed by atoms with Crippen molar-refractivity contribution in [2.45, 2.75) is 12.3 Å². The van der Waals surface area contributed by atoms with Gasteiger partial charge in [-0.15, -0.1) is 0 Å². The zero-order chi connectivity index (χ0) is 21.3. The van der Waals surface area contributed by atoms with Gasteiger partial charge in [-0.2, -0.15) is 8.78 Å². The molecule has 3 rings (SSSR count). The summed E-state index contributed by atoms with van der Waals surface area (Å²) in [4.78, 5) is 14.8. The van der Waals surface area contributed by atoms with Crippen LogP contribution in [0.3, 0.4) is 0 Å². The first-order valence-corrected chi connectivity index (χ1v) is 8.97. The molecule has 2 aromatic carbocycles. The van der Waals surface area contributed by atoms with E-state index in [-0.39, 0.29) is 5.56 Å². The molecule has 0 saturated heterocycles. The zero-order valence-corrected chi connectivity index (χ0v) is 16.3. The summed E-state index contributed by atoms with van der Waals surface area (Å²) >= 11 is 4.77. The fourth-order valence-corrected chi connectivity index (χ4v) is 2.27. The van der Waals surface area contributed by atoms with Crippen molar-refractivity contribution in [3.05, 3.63) is 84.1 Å². The fraction of sp³-hybridized carbons (Fsp3) is 0.143. The predicted octanol–water partition coefficient (Wildman–Crippen LogP) is 5.35. The minimum absolute atomic E-state index is 0.312. The molecule has 29 heavy (non-hydrogen) atoms. The van der Waals surface area contributed by atoms with Gasteiger partial charge in [-0.3, -0.25) is 4.79 Å². The van der Waals surface area contributed by atoms with Crippen LogP contribution in [0.5, 0.6) is 17.4 Å². The Hall–Kier alpha value is -3.19. The van der Waals surface area contributed by atoms with E-state index in [0.717, 1.165) is 6.20 Å². The Balaban J connectivity index is 0.000000212. The number of carbonyl (C=O) groups excluding carboxylic acids is 1. The van der Waals surface area contributed by atoms with Gasteiger partial charge in [-0.1, -0.05) is 30.3 Å². The van der Waals surface area contributed by atoms with Crippen LogP contribution in [0, 0.1) is 0 Å². The third-order valence-electron chi connectivity index (χ3n) is 3.48. The summed E-state index contributed by atoms with van der Waals surface area (Å²) in [6.07, 6.45) is 0.998. The summed E-state index contributed by atoms with van der Waals surface area (Å²) in [5, 5.41) is -3.36. The third-order valence-corrected chi connectivity index (χ3v) is 3.70. The lowest BCUT2D eigenvalue weighted by Gasteiger charge is -2.08. The Kier molecular flexibility index (Phi) is 7.91. The van der Waals surface area contributed by atoms with Gasteiger partial charge in [-0.05, 0) is 48.9 Å². The Morgan fingerprint density at radius 3 is 2.28 bits per heavy atom. The van der Waals surface area contributed by atoms with Crippen LogP contribution in [0.4, 0.5) is 8.78 Å². The highest BCUT2D eigenvalue weighted by Crippen LogP contribution is 2.32. The second kappa shape index (κ2) is 10.4. The van der Waals surface area contributed by atoms with Gasteiger partial charge in [0, 0.05) is 12.3 Å². The molecule has 1 heterocycles. The van der Waals surface area contributed by atoms with Crippen molar-refractivity contribution in [3.8, 4) is 17.4 Å². The van der Waals surface area contributed by atoms with Crippen LogP contribution < -0.4 is 15.2 Å². The average molecular weight is 421 g/mol. The van der Waals surface area contributed by atoms with Crippen molar-refractivity contribution in [2.24, 2.45) is 5.73 Å². The lowest BCUT2D eigenvalue weighted by Crippen LogP contribution is -2.11. The van der Waals surface area contributed by atoms with E-state index in [1.54, 1.807) is 31.2 Å². The molecule has 0 saturated carbocycles. The maximum Gasteiger partial charge on any atom is 0.349 e. The minimum Gasteiger partial charge on any atom is -0.478 e. The van der Waals surface area contributed by atoms with Gasteiger partial charge < -0.3 is 15.2 Å². The van der Waals surface area contributed by atoms with Crippen molar-refractivity contribution in [3.63, 3.8) is 0 Å². The molecule has 1 aromatic heterocycles. The number of ether oxygens (including phenoxy) is 2. The van der Waals surface area contributed by atoms with Gasteiger partial charge in [0.05, 0.1) is 17.7 Å². The third kappa shape index (κ3) is 7.04. The first-order chi connectivity index (χ1) is 13.8. The van der Waals surface area contributed by atoms with Crippen molar-refractivity contribution >= 4 is 17.5 Å². The standard InChI is InChI=1S/C13H11NO2.C8H8ClF2NO/c14-13(15)11-8-4-5-9-12(11)16-10-6-2-1-3-7-10;1-2-13-7-4-3-6(5-12-7)8(9,10)11/h1-9H,(H2,14,15);3-5H,2H2,1H3. The molecule has 0 aliphatic carbocycles. The van der Waals surface area contributed by atoms with E-state index in [0.29, 0.717) is 29.5 Å². The number of pyridine rings is 1. The number of nitrogens with two attached hydrogens (primary N) is 1. The summed E-state index contributed by atoms with van der Waals surface area (Å²) in [6.45, 7) is 2.23. The largest absolute Gasteiger partial charge is 0.478 e. The minimum atomic E-state index is -3.36. The summed E-state index contributed by atoms with van der Waals surface area (Å²) in [5.41, 5.74) is 5.29. The van der Waals surface area contributed by atoms with Gasteiger partial charge in [0.15, 0.2) is 0 Å². The number of hydrogen-bond donors (Lipinski definition) is 1. The number of benzene rings is 2. The summed E-state index contributed by atoms with van der Waals surface area (Å²) < 4.78 is 35.5. The zero-order valence-electron chi connectivity index (χ0n) is 15.5. The average Bonchev–Trinajstić information content (AvgIpc) is 2.69. The Morgan fingerprint density at radius 2 is 1.72 bits per heavy atom. The van der Waals surface area contributed by atoms with Crippen molar-refractivity contribution in [1.29, 1.82) is 0 Å². The number of para-hydroxylation sites is 2. The number of nitrogens with zero attached hydrogens (tertiary/aromatic N) is 1. The lowest BCUT2D eigenvalue weighted by atomic mass is 10.2. The highest BCUT2D eigenvalue weighted by atomic mass is 35.5. The number of halogens is 3. The molecule has 0 aliphatic rings. The smallest absolute Gasteiger partial charge is 0.349 e. The van der Waals surface area contributed by atoms with Crippen molar-refractivity contribution < 1.29 is 23.0 Å². The molecular weight excluding hydrogens is 402 g/mol. The molecule has 152 valence electrons. The molecule has 5 nitrogen and oxygen atoms in total. The highest BCUT2D eigenvalue weighted by Gasteiger charge is 2.27. The molecule has 0 fully saturated rings. The lowest BCUT2D eigenvalue weighted by molar-refractivity contribution is 0.0945. The SMILES string of the molecule is CCOc1ccc(C(F)(F)Cl)cn1.NC(=O)c1ccccc1Oc1ccccc1. The molecule has 0 radical (unpaired) electrons. The molecular formula is C21H19ClF2N2O3. The van der Waals surface area contributed by atoms with E-state index in [9.17, 15) is 13.6 Å². The molecule has 2 N–H and O–H groups in total. The molecule has 0 aliphatic heterocycles. The van der Waals surface area contributed by atoms with E-state index in [2.05, 4.69) is 4.98 Å². The maximum absolute atomic E-state index is 12.5. The molecule has 8 heteroatoms. The molecule has 0 atom stereocenters. The summed E-state index contributed by atoms with van der Waals surface area (Å²) in [6, 6.07) is 18.7. The number of alkyl halides is 3. The Bertz CT molecular complexity index is 917. The van der Waals surface area contributed by atoms with Crippen LogP contribution in [-0.4, -0.2) is 17.5 Å². The topological polar surface area (TPSA) is 74.4 Å². The molecule has 0 unspecified atom stereocenters. The normalized spacial score (nSPS) is 10.5. The van der Waals surface area contributed by atoms with Crippen LogP contribution in [-0.2, 0) is 5.38 Å². The van der Waals surface area contributed by atoms with Crippen LogP contribution in [0.1, 0.15) is 22.8 Å². The summed E-state index contributed by atoms with van der Waals surface area (Å²) in [7, 11) is 0. The number of hydrogen-bond acceptors (Lipinski definition) is 4. The van der Waals surface area contributed by atoms with Gasteiger partial charge in [0.25, 0.3) is 5.91 Å².